The molecule has 2 rings (SSSR count). The number of benzene rings is 1. The van der Waals surface area contributed by atoms with Crippen molar-refractivity contribution in [1.82, 2.24) is 0 Å². The molecule has 3 N–H and O–H groups in total. The lowest BCUT2D eigenvalue weighted by Crippen LogP contribution is -2.33. The summed E-state index contributed by atoms with van der Waals surface area (Å²) in [5.41, 5.74) is -0.859. The lowest BCUT2D eigenvalue weighted by molar-refractivity contribution is -0.133. The van der Waals surface area contributed by atoms with E-state index in [1.807, 2.05) is 0 Å². The number of nitriles is 1. The van der Waals surface area contributed by atoms with Crippen LogP contribution in [-0.4, -0.2) is 24.2 Å². The number of amides is 2. The first-order valence-corrected chi connectivity index (χ1v) is 5.41. The maximum absolute atomic E-state index is 11.7. The topological polar surface area (TPSA) is 111 Å². The standard InChI is InChI=1S/C12H11N3O4/c1-19-11(17)14-7-2-3-9-8(6-7)12(18,4-5-13)10(16)15-9/h2-3,6,18H,4H2,1H3,(H,14,17)(H,15,16). The molecule has 0 saturated heterocycles. The molecule has 0 fully saturated rings. The molecule has 1 unspecified atom stereocenters. The first kappa shape index (κ1) is 12.9. The van der Waals surface area contributed by atoms with Gasteiger partial charge in [0.2, 0.25) is 0 Å². The minimum Gasteiger partial charge on any atom is -0.453 e. The van der Waals surface area contributed by atoms with Crippen LogP contribution in [0.1, 0.15) is 12.0 Å². The fourth-order valence-corrected chi connectivity index (χ4v) is 1.88. The van der Waals surface area contributed by atoms with E-state index in [1.165, 1.54) is 19.2 Å². The molecule has 98 valence electrons. The molecule has 0 bridgehead atoms. The van der Waals surface area contributed by atoms with Gasteiger partial charge < -0.3 is 15.2 Å². The largest absolute Gasteiger partial charge is 0.453 e. The summed E-state index contributed by atoms with van der Waals surface area (Å²) >= 11 is 0. The summed E-state index contributed by atoms with van der Waals surface area (Å²) < 4.78 is 4.45. The smallest absolute Gasteiger partial charge is 0.411 e. The van der Waals surface area contributed by atoms with E-state index in [0.717, 1.165) is 0 Å². The van der Waals surface area contributed by atoms with Gasteiger partial charge in [-0.25, -0.2) is 4.79 Å². The molecule has 1 aliphatic rings. The summed E-state index contributed by atoms with van der Waals surface area (Å²) in [7, 11) is 1.22. The number of carbonyl (C=O) groups excluding carboxylic acids is 2. The Hall–Kier alpha value is -2.59. The number of nitrogens with one attached hydrogen (secondary N) is 2. The zero-order valence-corrected chi connectivity index (χ0v) is 10.1. The van der Waals surface area contributed by atoms with E-state index in [1.54, 1.807) is 12.1 Å². The van der Waals surface area contributed by atoms with Crippen molar-refractivity contribution < 1.29 is 19.4 Å². The molecule has 2 amide bonds. The highest BCUT2D eigenvalue weighted by atomic mass is 16.5. The van der Waals surface area contributed by atoms with Crippen molar-refractivity contribution in [1.29, 1.82) is 5.26 Å². The number of ether oxygens (including phenoxy) is 1. The average molecular weight is 261 g/mol. The van der Waals surface area contributed by atoms with Crippen molar-refractivity contribution in [2.24, 2.45) is 0 Å². The van der Waals surface area contributed by atoms with Crippen LogP contribution < -0.4 is 10.6 Å². The summed E-state index contributed by atoms with van der Waals surface area (Å²) in [5, 5.41) is 23.9. The third-order valence-corrected chi connectivity index (χ3v) is 2.86. The van der Waals surface area contributed by atoms with Gasteiger partial charge >= 0.3 is 6.09 Å². The summed E-state index contributed by atoms with van der Waals surface area (Å²) in [5.74, 6) is -0.653. The Bertz CT molecular complexity index is 593. The molecule has 0 radical (unpaired) electrons. The van der Waals surface area contributed by atoms with Gasteiger partial charge in [0.05, 0.1) is 19.6 Å². The number of carbonyl (C=O) groups is 2. The Morgan fingerprint density at radius 2 is 2.37 bits per heavy atom. The molecule has 1 aromatic rings. The highest BCUT2D eigenvalue weighted by Gasteiger charge is 2.45. The number of aliphatic hydroxyl groups is 1. The van der Waals surface area contributed by atoms with Crippen LogP contribution in [0.2, 0.25) is 0 Å². The van der Waals surface area contributed by atoms with Crippen molar-refractivity contribution in [2.45, 2.75) is 12.0 Å². The van der Waals surface area contributed by atoms with E-state index in [9.17, 15) is 14.7 Å². The van der Waals surface area contributed by atoms with E-state index in [0.29, 0.717) is 11.4 Å². The number of hydrogen-bond acceptors (Lipinski definition) is 5. The Morgan fingerprint density at radius 3 is 3.00 bits per heavy atom. The van der Waals surface area contributed by atoms with Crippen LogP contribution in [0.3, 0.4) is 0 Å². The monoisotopic (exact) mass is 261 g/mol. The minimum atomic E-state index is -1.89. The summed E-state index contributed by atoms with van der Waals surface area (Å²) in [6.07, 6.45) is -1.03. The molecular weight excluding hydrogens is 250 g/mol. The number of hydrogen-bond donors (Lipinski definition) is 3. The number of anilines is 2. The van der Waals surface area contributed by atoms with Crippen molar-refractivity contribution >= 4 is 23.4 Å². The summed E-state index contributed by atoms with van der Waals surface area (Å²) in [4.78, 5) is 22.8. The van der Waals surface area contributed by atoms with Gasteiger partial charge in [-0.2, -0.15) is 5.26 Å². The third kappa shape index (κ3) is 2.09. The lowest BCUT2D eigenvalue weighted by atomic mass is 9.92. The normalized spacial score (nSPS) is 20.2. The predicted molar refractivity (Wildman–Crippen MR) is 65.2 cm³/mol. The molecule has 0 aromatic heterocycles. The molecule has 0 saturated carbocycles. The lowest BCUT2D eigenvalue weighted by Gasteiger charge is -2.17. The summed E-state index contributed by atoms with van der Waals surface area (Å²) in [6, 6.07) is 6.29. The Kier molecular flexibility index (Phi) is 3.10. The zero-order chi connectivity index (χ0) is 14.0. The first-order chi connectivity index (χ1) is 9.01. The maximum Gasteiger partial charge on any atom is 0.411 e. The minimum absolute atomic E-state index is 0.257. The van der Waals surface area contributed by atoms with Crippen LogP contribution in [-0.2, 0) is 15.1 Å². The fraction of sp³-hybridized carbons (Fsp3) is 0.250. The molecule has 1 aliphatic heterocycles. The van der Waals surface area contributed by atoms with E-state index >= 15 is 0 Å². The van der Waals surface area contributed by atoms with Crippen LogP contribution >= 0.6 is 0 Å². The van der Waals surface area contributed by atoms with Crippen LogP contribution in [0, 0.1) is 11.3 Å². The van der Waals surface area contributed by atoms with Gasteiger partial charge in [-0.15, -0.1) is 0 Å². The second-order valence-corrected chi connectivity index (χ2v) is 4.03. The zero-order valence-electron chi connectivity index (χ0n) is 10.1. The van der Waals surface area contributed by atoms with Crippen molar-refractivity contribution in [3.63, 3.8) is 0 Å². The molecule has 7 nitrogen and oxygen atoms in total. The molecule has 1 aromatic carbocycles. The Labute approximate surface area is 108 Å². The van der Waals surface area contributed by atoms with Crippen molar-refractivity contribution in [3.8, 4) is 6.07 Å². The molecule has 1 atom stereocenters. The molecule has 1 heterocycles. The van der Waals surface area contributed by atoms with E-state index < -0.39 is 17.6 Å². The van der Waals surface area contributed by atoms with E-state index in [-0.39, 0.29) is 12.0 Å². The van der Waals surface area contributed by atoms with Crippen LogP contribution in [0.5, 0.6) is 0 Å². The number of fused-ring (bicyclic) bond motifs is 1. The highest BCUT2D eigenvalue weighted by molar-refractivity contribution is 6.05. The van der Waals surface area contributed by atoms with Gasteiger partial charge in [0.15, 0.2) is 5.60 Å². The van der Waals surface area contributed by atoms with Gasteiger partial charge in [0, 0.05) is 16.9 Å². The van der Waals surface area contributed by atoms with Crippen LogP contribution in [0.4, 0.5) is 16.2 Å². The number of methoxy groups -OCH3 is 1. The molecular formula is C12H11N3O4. The molecule has 19 heavy (non-hydrogen) atoms. The SMILES string of the molecule is COC(=O)Nc1ccc2c(c1)C(O)(CC#N)C(=O)N2. The Morgan fingerprint density at radius 1 is 1.63 bits per heavy atom. The van der Waals surface area contributed by atoms with Gasteiger partial charge in [-0.3, -0.25) is 10.1 Å². The fourth-order valence-electron chi connectivity index (χ4n) is 1.88. The second-order valence-electron chi connectivity index (χ2n) is 4.03. The number of nitrogens with zero attached hydrogens (tertiary/aromatic N) is 1. The van der Waals surface area contributed by atoms with Crippen LogP contribution in [0.15, 0.2) is 18.2 Å². The van der Waals surface area contributed by atoms with E-state index in [2.05, 4.69) is 15.4 Å². The van der Waals surface area contributed by atoms with Gasteiger partial charge in [-0.1, -0.05) is 0 Å². The second kappa shape index (κ2) is 4.59. The maximum atomic E-state index is 11.7. The molecule has 0 aliphatic carbocycles. The summed E-state index contributed by atoms with van der Waals surface area (Å²) in [6.45, 7) is 0. The van der Waals surface area contributed by atoms with Crippen molar-refractivity contribution in [2.75, 3.05) is 17.7 Å². The Balaban J connectivity index is 2.40. The van der Waals surface area contributed by atoms with Gasteiger partial charge in [-0.05, 0) is 18.2 Å². The van der Waals surface area contributed by atoms with Gasteiger partial charge in [0.25, 0.3) is 5.91 Å². The first-order valence-electron chi connectivity index (χ1n) is 5.41. The third-order valence-electron chi connectivity index (χ3n) is 2.86. The van der Waals surface area contributed by atoms with Crippen molar-refractivity contribution in [3.05, 3.63) is 23.8 Å². The van der Waals surface area contributed by atoms with E-state index in [4.69, 9.17) is 5.26 Å². The number of rotatable bonds is 2. The highest BCUT2D eigenvalue weighted by Crippen LogP contribution is 2.39. The quantitative estimate of drug-likeness (QED) is 0.732. The average Bonchev–Trinajstić information content (AvgIpc) is 2.63. The van der Waals surface area contributed by atoms with Gasteiger partial charge in [0.1, 0.15) is 0 Å². The molecule has 0 spiro atoms. The molecule has 7 heteroatoms. The van der Waals surface area contributed by atoms with Crippen LogP contribution in [0.25, 0.3) is 0 Å². The predicted octanol–water partition coefficient (Wildman–Crippen LogP) is 0.918.